The van der Waals surface area contributed by atoms with Crippen LogP contribution in [0.5, 0.6) is 5.75 Å². The molecule has 2 rings (SSSR count). The minimum absolute atomic E-state index is 0.0423. The number of hydrogen-bond acceptors (Lipinski definition) is 3. The maximum atomic E-state index is 12.2. The highest BCUT2D eigenvalue weighted by Gasteiger charge is 2.12. The van der Waals surface area contributed by atoms with E-state index in [0.29, 0.717) is 16.5 Å². The van der Waals surface area contributed by atoms with Crippen LogP contribution < -0.4 is 10.1 Å². The molecule has 0 aromatic heterocycles. The van der Waals surface area contributed by atoms with Gasteiger partial charge in [-0.1, -0.05) is 17.7 Å². The van der Waals surface area contributed by atoms with Crippen LogP contribution in [0.25, 0.3) is 0 Å². The SMILES string of the molecule is COc1ccc(Cl)cc1NC(=O)c1cccc(C(=O)O)c1. The normalized spacial score (nSPS) is 10.0. The number of methoxy groups -OCH3 is 1. The van der Waals surface area contributed by atoms with Crippen molar-refractivity contribution in [3.8, 4) is 5.75 Å². The lowest BCUT2D eigenvalue weighted by Crippen LogP contribution is -2.13. The molecule has 0 aliphatic carbocycles. The standard InChI is InChI=1S/C15H12ClNO4/c1-21-13-6-5-11(16)8-12(13)17-14(18)9-3-2-4-10(7-9)15(19)20/h2-8H,1H3,(H,17,18)(H,19,20). The maximum absolute atomic E-state index is 12.2. The van der Waals surface area contributed by atoms with E-state index in [0.717, 1.165) is 0 Å². The predicted molar refractivity (Wildman–Crippen MR) is 79.4 cm³/mol. The van der Waals surface area contributed by atoms with E-state index in [9.17, 15) is 9.59 Å². The molecule has 0 radical (unpaired) electrons. The number of aromatic carboxylic acids is 1. The topological polar surface area (TPSA) is 75.6 Å². The number of carbonyl (C=O) groups excluding carboxylic acids is 1. The third-order valence-corrected chi connectivity index (χ3v) is 3.02. The van der Waals surface area contributed by atoms with Gasteiger partial charge in [-0.2, -0.15) is 0 Å². The molecule has 108 valence electrons. The lowest BCUT2D eigenvalue weighted by atomic mass is 10.1. The second kappa shape index (κ2) is 6.28. The smallest absolute Gasteiger partial charge is 0.335 e. The molecule has 2 N–H and O–H groups in total. The van der Waals surface area contributed by atoms with Crippen LogP contribution in [0, 0.1) is 0 Å². The molecule has 0 atom stereocenters. The number of anilines is 1. The Balaban J connectivity index is 2.28. The average Bonchev–Trinajstić information content (AvgIpc) is 2.47. The van der Waals surface area contributed by atoms with Crippen LogP contribution in [-0.2, 0) is 0 Å². The third-order valence-electron chi connectivity index (χ3n) is 2.78. The van der Waals surface area contributed by atoms with E-state index in [2.05, 4.69) is 5.32 Å². The molecular formula is C15H12ClNO4. The molecule has 0 bridgehead atoms. The van der Waals surface area contributed by atoms with Crippen LogP contribution in [0.2, 0.25) is 5.02 Å². The quantitative estimate of drug-likeness (QED) is 0.908. The van der Waals surface area contributed by atoms with Gasteiger partial charge < -0.3 is 15.2 Å². The van der Waals surface area contributed by atoms with Gasteiger partial charge in [0.05, 0.1) is 18.4 Å². The number of carboxylic acid groups (broad SMARTS) is 1. The van der Waals surface area contributed by atoms with Crippen LogP contribution in [-0.4, -0.2) is 24.1 Å². The second-order valence-corrected chi connectivity index (χ2v) is 4.62. The number of carbonyl (C=O) groups is 2. The zero-order chi connectivity index (χ0) is 15.4. The molecule has 6 heteroatoms. The van der Waals surface area contributed by atoms with Crippen molar-refractivity contribution in [1.82, 2.24) is 0 Å². The van der Waals surface area contributed by atoms with E-state index in [1.807, 2.05) is 0 Å². The largest absolute Gasteiger partial charge is 0.495 e. The van der Waals surface area contributed by atoms with Gasteiger partial charge in [-0.3, -0.25) is 4.79 Å². The fourth-order valence-corrected chi connectivity index (χ4v) is 1.94. The fourth-order valence-electron chi connectivity index (χ4n) is 1.77. The molecule has 21 heavy (non-hydrogen) atoms. The van der Waals surface area contributed by atoms with Gasteiger partial charge >= 0.3 is 5.97 Å². The molecule has 0 heterocycles. The van der Waals surface area contributed by atoms with E-state index >= 15 is 0 Å². The Morgan fingerprint density at radius 3 is 2.52 bits per heavy atom. The molecule has 1 amide bonds. The van der Waals surface area contributed by atoms with Gasteiger partial charge in [0.1, 0.15) is 5.75 Å². The summed E-state index contributed by atoms with van der Waals surface area (Å²) in [6.45, 7) is 0. The molecule has 0 spiro atoms. The van der Waals surface area contributed by atoms with Crippen molar-refractivity contribution in [2.75, 3.05) is 12.4 Å². The summed E-state index contributed by atoms with van der Waals surface area (Å²) in [5.41, 5.74) is 0.688. The van der Waals surface area contributed by atoms with Crippen LogP contribution in [0.4, 0.5) is 5.69 Å². The molecule has 2 aromatic carbocycles. The first-order valence-corrected chi connectivity index (χ1v) is 6.37. The number of rotatable bonds is 4. The van der Waals surface area contributed by atoms with Crippen molar-refractivity contribution in [3.63, 3.8) is 0 Å². The highest BCUT2D eigenvalue weighted by molar-refractivity contribution is 6.31. The van der Waals surface area contributed by atoms with Crippen LogP contribution in [0.3, 0.4) is 0 Å². The Morgan fingerprint density at radius 2 is 1.86 bits per heavy atom. The van der Waals surface area contributed by atoms with Crippen molar-refractivity contribution in [3.05, 3.63) is 58.6 Å². The van der Waals surface area contributed by atoms with Gasteiger partial charge in [0.15, 0.2) is 0 Å². The van der Waals surface area contributed by atoms with Crippen molar-refractivity contribution >= 4 is 29.2 Å². The van der Waals surface area contributed by atoms with Crippen LogP contribution >= 0.6 is 11.6 Å². The van der Waals surface area contributed by atoms with E-state index < -0.39 is 11.9 Å². The summed E-state index contributed by atoms with van der Waals surface area (Å²) in [4.78, 5) is 23.1. The molecule has 5 nitrogen and oxygen atoms in total. The van der Waals surface area contributed by atoms with Gasteiger partial charge in [-0.05, 0) is 36.4 Å². The Labute approximate surface area is 126 Å². The number of halogens is 1. The van der Waals surface area contributed by atoms with Crippen molar-refractivity contribution in [1.29, 1.82) is 0 Å². The van der Waals surface area contributed by atoms with Gasteiger partial charge in [0.25, 0.3) is 5.91 Å². The first-order chi connectivity index (χ1) is 10.0. The number of amides is 1. The number of nitrogens with one attached hydrogen (secondary N) is 1. The van der Waals surface area contributed by atoms with Crippen molar-refractivity contribution in [2.45, 2.75) is 0 Å². The number of hydrogen-bond donors (Lipinski definition) is 2. The Kier molecular flexibility index (Phi) is 4.45. The first-order valence-electron chi connectivity index (χ1n) is 5.99. The van der Waals surface area contributed by atoms with Gasteiger partial charge in [-0.25, -0.2) is 4.79 Å². The lowest BCUT2D eigenvalue weighted by molar-refractivity contribution is 0.0697. The van der Waals surface area contributed by atoms with Gasteiger partial charge in [0.2, 0.25) is 0 Å². The van der Waals surface area contributed by atoms with E-state index in [1.54, 1.807) is 18.2 Å². The number of benzene rings is 2. The van der Waals surface area contributed by atoms with Gasteiger partial charge in [0, 0.05) is 10.6 Å². The molecule has 0 fully saturated rings. The molecule has 0 aliphatic heterocycles. The maximum Gasteiger partial charge on any atom is 0.335 e. The minimum atomic E-state index is -1.09. The molecule has 0 saturated carbocycles. The van der Waals surface area contributed by atoms with E-state index in [-0.39, 0.29) is 11.1 Å². The summed E-state index contributed by atoms with van der Waals surface area (Å²) >= 11 is 5.89. The summed E-state index contributed by atoms with van der Waals surface area (Å²) in [6.07, 6.45) is 0. The fraction of sp³-hybridized carbons (Fsp3) is 0.0667. The summed E-state index contributed by atoms with van der Waals surface area (Å²) in [5, 5.41) is 12.0. The summed E-state index contributed by atoms with van der Waals surface area (Å²) in [5.74, 6) is -1.08. The number of ether oxygens (including phenoxy) is 1. The van der Waals surface area contributed by atoms with E-state index in [4.69, 9.17) is 21.4 Å². The van der Waals surface area contributed by atoms with Crippen molar-refractivity contribution in [2.24, 2.45) is 0 Å². The zero-order valence-electron chi connectivity index (χ0n) is 11.1. The van der Waals surface area contributed by atoms with Crippen molar-refractivity contribution < 1.29 is 19.4 Å². The lowest BCUT2D eigenvalue weighted by Gasteiger charge is -2.10. The third kappa shape index (κ3) is 3.52. The highest BCUT2D eigenvalue weighted by Crippen LogP contribution is 2.28. The average molecular weight is 306 g/mol. The zero-order valence-corrected chi connectivity index (χ0v) is 11.8. The molecule has 2 aromatic rings. The highest BCUT2D eigenvalue weighted by atomic mass is 35.5. The Hall–Kier alpha value is -2.53. The molecule has 0 aliphatic rings. The summed E-state index contributed by atoms with van der Waals surface area (Å²) < 4.78 is 5.13. The van der Waals surface area contributed by atoms with Crippen LogP contribution in [0.1, 0.15) is 20.7 Å². The molecule has 0 unspecified atom stereocenters. The summed E-state index contributed by atoms with van der Waals surface area (Å²) in [7, 11) is 1.48. The molecule has 0 saturated heterocycles. The minimum Gasteiger partial charge on any atom is -0.495 e. The first kappa shape index (κ1) is 14.9. The number of carboxylic acids is 1. The van der Waals surface area contributed by atoms with Gasteiger partial charge in [-0.15, -0.1) is 0 Å². The van der Waals surface area contributed by atoms with Crippen LogP contribution in [0.15, 0.2) is 42.5 Å². The predicted octanol–water partition coefficient (Wildman–Crippen LogP) is 3.30. The molecular weight excluding hydrogens is 294 g/mol. The summed E-state index contributed by atoms with van der Waals surface area (Å²) in [6, 6.07) is 10.6. The van der Waals surface area contributed by atoms with E-state index in [1.165, 1.54) is 31.4 Å². The second-order valence-electron chi connectivity index (χ2n) is 4.18. The Bertz CT molecular complexity index is 700. The Morgan fingerprint density at radius 1 is 1.14 bits per heavy atom. The monoisotopic (exact) mass is 305 g/mol.